The summed E-state index contributed by atoms with van der Waals surface area (Å²) in [6, 6.07) is 58.5. The molecule has 0 atom stereocenters. The molecule has 14 aromatic rings. The van der Waals surface area contributed by atoms with Crippen molar-refractivity contribution in [2.75, 3.05) is 0 Å². The standard InChI is InChI=1S/C50H27N5O/c1-2-14-29-28(13-1)25-26-40-43(29)35-27-41-44(45-33-18-6-10-22-38(33)53(40)47(35)45)32-17-5-11-23-39(32)55(41)50-51-46-34-19-7-12-24-42(34)56-48(46)49(52-50)54-36-20-8-3-15-30(36)31-16-4-9-21-37(31)54/h1-27H. The van der Waals surface area contributed by atoms with Crippen molar-refractivity contribution in [3.8, 4) is 11.8 Å². The first-order chi connectivity index (χ1) is 27.8. The third kappa shape index (κ3) is 3.39. The van der Waals surface area contributed by atoms with Crippen molar-refractivity contribution in [2.45, 2.75) is 0 Å². The summed E-state index contributed by atoms with van der Waals surface area (Å²) in [4.78, 5) is 11.1. The lowest BCUT2D eigenvalue weighted by Crippen LogP contribution is -2.06. The maximum Gasteiger partial charge on any atom is 0.237 e. The smallest absolute Gasteiger partial charge is 0.237 e. The number of nitrogens with zero attached hydrogens (tertiary/aromatic N) is 5. The molecule has 8 aromatic carbocycles. The first kappa shape index (κ1) is 28.8. The molecule has 0 bridgehead atoms. The van der Waals surface area contributed by atoms with Crippen LogP contribution in [0.25, 0.3) is 126 Å². The Hall–Kier alpha value is -7.70. The Bertz CT molecular complexity index is 3960. The van der Waals surface area contributed by atoms with E-state index in [1.807, 2.05) is 12.1 Å². The molecular formula is C50H27N5O. The summed E-state index contributed by atoms with van der Waals surface area (Å²) in [5.74, 6) is 1.31. The Morgan fingerprint density at radius 1 is 0.393 bits per heavy atom. The zero-order valence-corrected chi connectivity index (χ0v) is 29.7. The molecule has 0 fully saturated rings. The van der Waals surface area contributed by atoms with E-state index in [0.29, 0.717) is 17.3 Å². The zero-order valence-electron chi connectivity index (χ0n) is 29.7. The highest BCUT2D eigenvalue weighted by atomic mass is 16.3. The first-order valence-electron chi connectivity index (χ1n) is 19.0. The van der Waals surface area contributed by atoms with Crippen LogP contribution in [0.3, 0.4) is 0 Å². The summed E-state index contributed by atoms with van der Waals surface area (Å²) in [6.07, 6.45) is 0. The van der Waals surface area contributed by atoms with Gasteiger partial charge in [-0.15, -0.1) is 0 Å². The van der Waals surface area contributed by atoms with Gasteiger partial charge in [-0.3, -0.25) is 9.13 Å². The lowest BCUT2D eigenvalue weighted by atomic mass is 9.99. The lowest BCUT2D eigenvalue weighted by Gasteiger charge is -2.12. The van der Waals surface area contributed by atoms with Crippen molar-refractivity contribution >= 4 is 115 Å². The Morgan fingerprint density at radius 2 is 0.982 bits per heavy atom. The van der Waals surface area contributed by atoms with Crippen molar-refractivity contribution in [1.29, 1.82) is 0 Å². The number of fused-ring (bicyclic) bond motifs is 18. The third-order valence-electron chi connectivity index (χ3n) is 12.2. The number of para-hydroxylation sites is 5. The van der Waals surface area contributed by atoms with Gasteiger partial charge in [-0.05, 0) is 59.3 Å². The van der Waals surface area contributed by atoms with Crippen LogP contribution in [0, 0.1) is 0 Å². The Balaban J connectivity index is 1.22. The van der Waals surface area contributed by atoms with Gasteiger partial charge < -0.3 is 8.82 Å². The molecule has 6 heteroatoms. The number of benzene rings is 8. The Morgan fingerprint density at radius 3 is 1.73 bits per heavy atom. The van der Waals surface area contributed by atoms with E-state index >= 15 is 0 Å². The number of aromatic nitrogens is 5. The van der Waals surface area contributed by atoms with Crippen LogP contribution >= 0.6 is 0 Å². The van der Waals surface area contributed by atoms with Crippen LogP contribution in [0.15, 0.2) is 168 Å². The predicted molar refractivity (Wildman–Crippen MR) is 230 cm³/mol. The van der Waals surface area contributed by atoms with Gasteiger partial charge in [-0.2, -0.15) is 4.98 Å². The monoisotopic (exact) mass is 713 g/mol. The lowest BCUT2D eigenvalue weighted by molar-refractivity contribution is 0.661. The molecule has 0 saturated carbocycles. The highest BCUT2D eigenvalue weighted by Gasteiger charge is 2.27. The van der Waals surface area contributed by atoms with Crippen molar-refractivity contribution in [3.63, 3.8) is 0 Å². The highest BCUT2D eigenvalue weighted by Crippen LogP contribution is 2.48. The second kappa shape index (κ2) is 10.1. The van der Waals surface area contributed by atoms with Crippen molar-refractivity contribution in [3.05, 3.63) is 164 Å². The fourth-order valence-corrected chi connectivity index (χ4v) is 9.97. The average Bonchev–Trinajstić information content (AvgIpc) is 4.05. The average molecular weight is 714 g/mol. The van der Waals surface area contributed by atoms with Gasteiger partial charge in [0.25, 0.3) is 0 Å². The molecule has 0 radical (unpaired) electrons. The summed E-state index contributed by atoms with van der Waals surface area (Å²) < 4.78 is 13.7. The molecule has 6 aromatic heterocycles. The summed E-state index contributed by atoms with van der Waals surface area (Å²) in [5, 5.41) is 13.1. The summed E-state index contributed by atoms with van der Waals surface area (Å²) in [5.41, 5.74) is 10.1. The molecule has 0 amide bonds. The van der Waals surface area contributed by atoms with E-state index in [4.69, 9.17) is 14.4 Å². The maximum atomic E-state index is 6.71. The van der Waals surface area contributed by atoms with E-state index in [2.05, 4.69) is 165 Å². The summed E-state index contributed by atoms with van der Waals surface area (Å²) in [6.45, 7) is 0. The fourth-order valence-electron chi connectivity index (χ4n) is 9.97. The summed E-state index contributed by atoms with van der Waals surface area (Å²) in [7, 11) is 0. The largest absolute Gasteiger partial charge is 0.450 e. The minimum atomic E-state index is 0.596. The molecule has 6 nitrogen and oxygen atoms in total. The van der Waals surface area contributed by atoms with E-state index < -0.39 is 0 Å². The predicted octanol–water partition coefficient (Wildman–Crippen LogP) is 12.9. The van der Waals surface area contributed by atoms with Gasteiger partial charge >= 0.3 is 0 Å². The molecule has 56 heavy (non-hydrogen) atoms. The van der Waals surface area contributed by atoms with Gasteiger partial charge in [0.2, 0.25) is 5.95 Å². The molecule has 14 rings (SSSR count). The zero-order chi connectivity index (χ0) is 36.2. The van der Waals surface area contributed by atoms with E-state index in [0.717, 1.165) is 54.7 Å². The van der Waals surface area contributed by atoms with Gasteiger partial charge in [-0.25, -0.2) is 4.98 Å². The number of hydrogen-bond acceptors (Lipinski definition) is 3. The SMILES string of the molecule is c1ccc2c(c1)ccc1c2c2cc3c(c4ccccc4n3-c3nc(-n4c5ccccc5c5ccccc54)c4oc5ccccc5c4n3)c3c4ccccc4n1c23. The normalized spacial score (nSPS) is 12.6. The highest BCUT2D eigenvalue weighted by molar-refractivity contribution is 6.37. The van der Waals surface area contributed by atoms with Gasteiger partial charge in [0.05, 0.1) is 38.6 Å². The van der Waals surface area contributed by atoms with Crippen LogP contribution in [0.2, 0.25) is 0 Å². The van der Waals surface area contributed by atoms with Crippen LogP contribution < -0.4 is 0 Å². The third-order valence-corrected chi connectivity index (χ3v) is 12.2. The van der Waals surface area contributed by atoms with E-state index in [1.54, 1.807) is 0 Å². The van der Waals surface area contributed by atoms with Crippen molar-refractivity contribution < 1.29 is 4.42 Å². The molecule has 6 heterocycles. The molecule has 0 saturated heterocycles. The number of rotatable bonds is 2. The van der Waals surface area contributed by atoms with E-state index in [1.165, 1.54) is 54.3 Å². The van der Waals surface area contributed by atoms with E-state index in [9.17, 15) is 0 Å². The van der Waals surface area contributed by atoms with Gasteiger partial charge in [0.15, 0.2) is 11.4 Å². The topological polar surface area (TPSA) is 53.2 Å². The van der Waals surface area contributed by atoms with Crippen LogP contribution in [-0.2, 0) is 0 Å². The minimum Gasteiger partial charge on any atom is -0.450 e. The maximum absolute atomic E-state index is 6.71. The number of hydrogen-bond donors (Lipinski definition) is 0. The van der Waals surface area contributed by atoms with Crippen LogP contribution in [0.1, 0.15) is 0 Å². The molecule has 0 aliphatic carbocycles. The molecule has 0 aliphatic heterocycles. The van der Waals surface area contributed by atoms with Crippen LogP contribution in [0.4, 0.5) is 0 Å². The molecule has 0 N–H and O–H groups in total. The second-order valence-corrected chi connectivity index (χ2v) is 14.9. The van der Waals surface area contributed by atoms with Gasteiger partial charge in [-0.1, -0.05) is 115 Å². The molecular weight excluding hydrogens is 687 g/mol. The molecule has 0 unspecified atom stereocenters. The minimum absolute atomic E-state index is 0.596. The van der Waals surface area contributed by atoms with E-state index in [-0.39, 0.29) is 0 Å². The summed E-state index contributed by atoms with van der Waals surface area (Å²) >= 11 is 0. The quantitative estimate of drug-likeness (QED) is 0.179. The molecule has 0 spiro atoms. The van der Waals surface area contributed by atoms with Crippen LogP contribution in [-0.4, -0.2) is 23.5 Å². The molecule has 258 valence electrons. The van der Waals surface area contributed by atoms with Crippen LogP contribution in [0.5, 0.6) is 0 Å². The van der Waals surface area contributed by atoms with Gasteiger partial charge in [0.1, 0.15) is 11.1 Å². The first-order valence-corrected chi connectivity index (χ1v) is 19.0. The van der Waals surface area contributed by atoms with Gasteiger partial charge in [0, 0.05) is 48.5 Å². The Kier molecular flexibility index (Phi) is 5.18. The molecule has 0 aliphatic rings. The van der Waals surface area contributed by atoms with Crippen molar-refractivity contribution in [1.82, 2.24) is 23.5 Å². The number of furan rings is 1. The Labute approximate surface area is 317 Å². The van der Waals surface area contributed by atoms with Crippen molar-refractivity contribution in [2.24, 2.45) is 0 Å². The second-order valence-electron chi connectivity index (χ2n) is 14.9. The fraction of sp³-hybridized carbons (Fsp3) is 0.